The normalized spacial score (nSPS) is 11.7. The maximum atomic E-state index is 12.3. The topological polar surface area (TPSA) is 45.7 Å². The van der Waals surface area contributed by atoms with Crippen molar-refractivity contribution in [3.63, 3.8) is 0 Å². The van der Waals surface area contributed by atoms with E-state index in [1.807, 2.05) is 0 Å². The summed E-state index contributed by atoms with van der Waals surface area (Å²) in [5, 5.41) is 5.86. The standard InChI is InChI=1S/C15H21F4N3O.HI/c1-11-4-5-12(13(8-11)23-10-15(17,18)19)9-22-14(20-2)21-7-3-6-16;/h4-5,8H,3,6-7,9-10H2,1-2H3,(H2,20,21,22);1H. The van der Waals surface area contributed by atoms with Crippen molar-refractivity contribution in [2.75, 3.05) is 26.9 Å². The highest BCUT2D eigenvalue weighted by Gasteiger charge is 2.28. The van der Waals surface area contributed by atoms with Gasteiger partial charge in [0.1, 0.15) is 5.75 Å². The van der Waals surface area contributed by atoms with E-state index in [1.54, 1.807) is 32.2 Å². The number of benzene rings is 1. The van der Waals surface area contributed by atoms with Gasteiger partial charge in [-0.15, -0.1) is 24.0 Å². The minimum absolute atomic E-state index is 0. The Morgan fingerprint density at radius 3 is 2.54 bits per heavy atom. The van der Waals surface area contributed by atoms with Crippen LogP contribution in [0.25, 0.3) is 0 Å². The summed E-state index contributed by atoms with van der Waals surface area (Å²) in [5.74, 6) is 0.620. The molecule has 0 aliphatic heterocycles. The molecule has 0 fully saturated rings. The lowest BCUT2D eigenvalue weighted by Gasteiger charge is -2.16. The highest BCUT2D eigenvalue weighted by atomic mass is 127. The van der Waals surface area contributed by atoms with E-state index in [1.165, 1.54) is 0 Å². The largest absolute Gasteiger partial charge is 0.484 e. The Morgan fingerprint density at radius 2 is 1.96 bits per heavy atom. The van der Waals surface area contributed by atoms with Gasteiger partial charge in [-0.05, 0) is 25.0 Å². The second-order valence-corrected chi connectivity index (χ2v) is 4.91. The van der Waals surface area contributed by atoms with Crippen LogP contribution in [0.5, 0.6) is 5.75 Å². The summed E-state index contributed by atoms with van der Waals surface area (Å²) < 4.78 is 53.9. The zero-order valence-corrected chi connectivity index (χ0v) is 15.9. The summed E-state index contributed by atoms with van der Waals surface area (Å²) >= 11 is 0. The molecule has 0 radical (unpaired) electrons. The van der Waals surface area contributed by atoms with E-state index in [0.717, 1.165) is 5.56 Å². The van der Waals surface area contributed by atoms with Crippen LogP contribution in [0.4, 0.5) is 17.6 Å². The minimum atomic E-state index is -4.39. The van der Waals surface area contributed by atoms with Crippen LogP contribution >= 0.6 is 24.0 Å². The molecule has 1 aromatic rings. The van der Waals surface area contributed by atoms with Gasteiger partial charge in [0.25, 0.3) is 0 Å². The molecule has 24 heavy (non-hydrogen) atoms. The summed E-state index contributed by atoms with van der Waals surface area (Å²) in [5.41, 5.74) is 1.38. The number of rotatable bonds is 7. The van der Waals surface area contributed by atoms with Crippen LogP contribution in [0.15, 0.2) is 23.2 Å². The first kappa shape index (κ1) is 22.7. The number of aryl methyl sites for hydroxylation is 1. The SMILES string of the molecule is CN=C(NCCCF)NCc1ccc(C)cc1OCC(F)(F)F.I. The Kier molecular flexibility index (Phi) is 10.7. The molecule has 9 heteroatoms. The second kappa shape index (κ2) is 11.3. The summed E-state index contributed by atoms with van der Waals surface area (Å²) in [4.78, 5) is 3.96. The number of nitrogens with zero attached hydrogens (tertiary/aromatic N) is 1. The van der Waals surface area contributed by atoms with Crippen LogP contribution in [0.1, 0.15) is 17.5 Å². The van der Waals surface area contributed by atoms with E-state index < -0.39 is 19.5 Å². The van der Waals surface area contributed by atoms with Gasteiger partial charge in [0.2, 0.25) is 0 Å². The molecule has 0 saturated carbocycles. The van der Waals surface area contributed by atoms with Crippen molar-refractivity contribution in [2.24, 2.45) is 4.99 Å². The third kappa shape index (κ3) is 9.14. The number of hydrogen-bond acceptors (Lipinski definition) is 2. The number of alkyl halides is 4. The average Bonchev–Trinajstić information content (AvgIpc) is 2.49. The maximum Gasteiger partial charge on any atom is 0.422 e. The maximum absolute atomic E-state index is 12.3. The molecule has 4 nitrogen and oxygen atoms in total. The summed E-state index contributed by atoms with van der Waals surface area (Å²) in [6.45, 7) is 0.656. The van der Waals surface area contributed by atoms with Crippen LogP contribution in [-0.2, 0) is 6.54 Å². The first-order valence-electron chi connectivity index (χ1n) is 7.15. The molecule has 0 aliphatic rings. The van der Waals surface area contributed by atoms with Gasteiger partial charge in [-0.1, -0.05) is 12.1 Å². The summed E-state index contributed by atoms with van der Waals surface area (Å²) in [6.07, 6.45) is -4.04. The highest BCUT2D eigenvalue weighted by Crippen LogP contribution is 2.23. The summed E-state index contributed by atoms with van der Waals surface area (Å²) in [6, 6.07) is 5.04. The molecular formula is C15H22F4IN3O. The van der Waals surface area contributed by atoms with E-state index in [4.69, 9.17) is 4.74 Å². The van der Waals surface area contributed by atoms with E-state index in [-0.39, 0.29) is 36.3 Å². The number of guanidine groups is 1. The number of aliphatic imine (C=N–C) groups is 1. The van der Waals surface area contributed by atoms with Crippen molar-refractivity contribution in [2.45, 2.75) is 26.1 Å². The van der Waals surface area contributed by atoms with Gasteiger partial charge in [-0.2, -0.15) is 13.2 Å². The van der Waals surface area contributed by atoms with Gasteiger partial charge in [-0.3, -0.25) is 9.38 Å². The molecule has 0 saturated heterocycles. The molecule has 1 rings (SSSR count). The molecule has 0 heterocycles. The van der Waals surface area contributed by atoms with Gasteiger partial charge in [-0.25, -0.2) is 0 Å². The van der Waals surface area contributed by atoms with Gasteiger partial charge >= 0.3 is 6.18 Å². The van der Waals surface area contributed by atoms with E-state index in [9.17, 15) is 17.6 Å². The van der Waals surface area contributed by atoms with Crippen LogP contribution in [0, 0.1) is 6.92 Å². The van der Waals surface area contributed by atoms with Crippen molar-refractivity contribution in [1.29, 1.82) is 0 Å². The van der Waals surface area contributed by atoms with E-state index in [2.05, 4.69) is 15.6 Å². The van der Waals surface area contributed by atoms with Gasteiger partial charge in [0.15, 0.2) is 12.6 Å². The average molecular weight is 463 g/mol. The molecule has 0 unspecified atom stereocenters. The number of halogens is 5. The Balaban J connectivity index is 0.00000529. The van der Waals surface area contributed by atoms with Gasteiger partial charge in [0, 0.05) is 25.7 Å². The number of ether oxygens (including phenoxy) is 1. The first-order chi connectivity index (χ1) is 10.9. The molecule has 0 bridgehead atoms. The van der Waals surface area contributed by atoms with Crippen LogP contribution < -0.4 is 15.4 Å². The van der Waals surface area contributed by atoms with Crippen molar-refractivity contribution in [3.8, 4) is 5.75 Å². The molecule has 0 spiro atoms. The molecule has 0 atom stereocenters. The Labute approximate surface area is 156 Å². The number of nitrogens with one attached hydrogen (secondary N) is 2. The fourth-order valence-electron chi connectivity index (χ4n) is 1.77. The molecule has 0 aliphatic carbocycles. The van der Waals surface area contributed by atoms with Crippen LogP contribution in [0.2, 0.25) is 0 Å². The highest BCUT2D eigenvalue weighted by molar-refractivity contribution is 14.0. The van der Waals surface area contributed by atoms with Crippen molar-refractivity contribution in [3.05, 3.63) is 29.3 Å². The monoisotopic (exact) mass is 463 g/mol. The lowest BCUT2D eigenvalue weighted by molar-refractivity contribution is -0.153. The predicted octanol–water partition coefficient (Wildman–Crippen LogP) is 3.58. The smallest absolute Gasteiger partial charge is 0.422 e. The lowest BCUT2D eigenvalue weighted by Crippen LogP contribution is -2.37. The van der Waals surface area contributed by atoms with Crippen LogP contribution in [-0.4, -0.2) is 39.0 Å². The molecule has 138 valence electrons. The van der Waals surface area contributed by atoms with Gasteiger partial charge < -0.3 is 15.4 Å². The Hall–Kier alpha value is -1.26. The summed E-state index contributed by atoms with van der Waals surface area (Å²) in [7, 11) is 1.56. The fraction of sp³-hybridized carbons (Fsp3) is 0.533. The second-order valence-electron chi connectivity index (χ2n) is 4.91. The zero-order valence-electron chi connectivity index (χ0n) is 13.5. The van der Waals surface area contributed by atoms with Gasteiger partial charge in [0.05, 0.1) is 6.67 Å². The minimum Gasteiger partial charge on any atom is -0.484 e. The predicted molar refractivity (Wildman–Crippen MR) is 96.9 cm³/mol. The lowest BCUT2D eigenvalue weighted by atomic mass is 10.1. The molecule has 2 N–H and O–H groups in total. The fourth-order valence-corrected chi connectivity index (χ4v) is 1.77. The zero-order chi connectivity index (χ0) is 17.3. The number of hydrogen-bond donors (Lipinski definition) is 2. The molecular weight excluding hydrogens is 441 g/mol. The van der Waals surface area contributed by atoms with E-state index in [0.29, 0.717) is 24.5 Å². The Morgan fingerprint density at radius 1 is 1.25 bits per heavy atom. The van der Waals surface area contributed by atoms with Crippen molar-refractivity contribution in [1.82, 2.24) is 10.6 Å². The van der Waals surface area contributed by atoms with Crippen molar-refractivity contribution < 1.29 is 22.3 Å². The first-order valence-corrected chi connectivity index (χ1v) is 7.15. The molecule has 0 amide bonds. The molecule has 0 aromatic heterocycles. The Bertz CT molecular complexity index is 524. The van der Waals surface area contributed by atoms with Crippen molar-refractivity contribution >= 4 is 29.9 Å². The van der Waals surface area contributed by atoms with Crippen LogP contribution in [0.3, 0.4) is 0 Å². The quantitative estimate of drug-likeness (QED) is 0.214. The third-order valence-electron chi connectivity index (χ3n) is 2.89. The van der Waals surface area contributed by atoms with E-state index >= 15 is 0 Å². The third-order valence-corrected chi connectivity index (χ3v) is 2.89. The molecule has 1 aromatic carbocycles.